The summed E-state index contributed by atoms with van der Waals surface area (Å²) in [5.41, 5.74) is 7.10. The molecule has 0 aliphatic heterocycles. The number of carbonyl (C=O) groups is 1. The predicted octanol–water partition coefficient (Wildman–Crippen LogP) is 6.94. The molecule has 2 aromatic carbocycles. The smallest absolute Gasteiger partial charge is 0.291 e. The fourth-order valence-electron chi connectivity index (χ4n) is 3.83. The van der Waals surface area contributed by atoms with Crippen LogP contribution >= 0.6 is 23.2 Å². The van der Waals surface area contributed by atoms with E-state index in [-0.39, 0.29) is 17.1 Å². The highest BCUT2D eigenvalue weighted by molar-refractivity contribution is 6.42. The predicted molar refractivity (Wildman–Crippen MR) is 127 cm³/mol. The van der Waals surface area contributed by atoms with E-state index in [2.05, 4.69) is 29.7 Å². The normalized spacial score (nSPS) is 16.1. The van der Waals surface area contributed by atoms with Gasteiger partial charge in [0.05, 0.1) is 21.4 Å². The van der Waals surface area contributed by atoms with Crippen molar-refractivity contribution in [3.05, 3.63) is 81.2 Å². The van der Waals surface area contributed by atoms with Crippen LogP contribution in [0.1, 0.15) is 47.7 Å². The Hall–Kier alpha value is -2.76. The van der Waals surface area contributed by atoms with Crippen molar-refractivity contribution in [3.8, 4) is 0 Å². The maximum atomic E-state index is 13.0. The number of para-hydroxylation sites is 1. The Bertz CT molecular complexity index is 1170. The zero-order chi connectivity index (χ0) is 22.2. The van der Waals surface area contributed by atoms with Crippen LogP contribution in [0.15, 0.2) is 58.0 Å². The van der Waals surface area contributed by atoms with E-state index in [1.165, 1.54) is 0 Å². The molecule has 0 radical (unpaired) electrons. The molecule has 5 nitrogen and oxygen atoms in total. The monoisotopic (exact) mass is 455 g/mol. The number of fused-ring (bicyclic) bond motifs is 1. The molecule has 0 saturated heterocycles. The van der Waals surface area contributed by atoms with Gasteiger partial charge in [-0.25, -0.2) is 0 Å². The van der Waals surface area contributed by atoms with Crippen LogP contribution in [0.4, 0.5) is 11.4 Å². The molecule has 4 rings (SSSR count). The summed E-state index contributed by atoms with van der Waals surface area (Å²) >= 11 is 12.0. The van der Waals surface area contributed by atoms with E-state index < -0.39 is 0 Å². The third-order valence-electron chi connectivity index (χ3n) is 5.27. The highest BCUT2D eigenvalue weighted by atomic mass is 35.5. The maximum Gasteiger partial charge on any atom is 0.291 e. The van der Waals surface area contributed by atoms with Gasteiger partial charge in [-0.1, -0.05) is 55.2 Å². The van der Waals surface area contributed by atoms with Gasteiger partial charge in [-0.2, -0.15) is 5.10 Å². The van der Waals surface area contributed by atoms with Crippen LogP contribution in [0.5, 0.6) is 0 Å². The number of rotatable bonds is 4. The fraction of sp³-hybridized carbons (Fsp3) is 0.250. The average molecular weight is 456 g/mol. The molecule has 2 N–H and O–H groups in total. The summed E-state index contributed by atoms with van der Waals surface area (Å²) in [4.78, 5) is 13.0. The van der Waals surface area contributed by atoms with Crippen molar-refractivity contribution >= 4 is 46.2 Å². The summed E-state index contributed by atoms with van der Waals surface area (Å²) in [6.07, 6.45) is 1.50. The van der Waals surface area contributed by atoms with E-state index in [0.717, 1.165) is 41.1 Å². The zero-order valence-electron chi connectivity index (χ0n) is 17.6. The molecule has 1 aliphatic rings. The van der Waals surface area contributed by atoms with Gasteiger partial charge in [0.2, 0.25) is 0 Å². The van der Waals surface area contributed by atoms with Gasteiger partial charge in [0.15, 0.2) is 5.76 Å². The standard InChI is InChI=1S/C24H23Cl2N3O2/c1-14-21-19(29-28-15-7-5-4-6-8-15)12-24(2,3)13-20(21)31-22(14)23(30)27-16-9-10-17(25)18(26)11-16/h4-11,28H,12-13H2,1-3H3,(H,27,30)/b29-19-. The molecule has 1 amide bonds. The summed E-state index contributed by atoms with van der Waals surface area (Å²) < 4.78 is 6.06. The molecule has 1 aromatic heterocycles. The van der Waals surface area contributed by atoms with Crippen molar-refractivity contribution in [2.24, 2.45) is 10.5 Å². The molecule has 1 aliphatic carbocycles. The van der Waals surface area contributed by atoms with Gasteiger partial charge in [-0.05, 0) is 49.1 Å². The summed E-state index contributed by atoms with van der Waals surface area (Å²) in [7, 11) is 0. The van der Waals surface area contributed by atoms with Crippen LogP contribution in [-0.4, -0.2) is 11.6 Å². The number of halogens is 2. The first-order valence-electron chi connectivity index (χ1n) is 10.0. The van der Waals surface area contributed by atoms with E-state index >= 15 is 0 Å². The lowest BCUT2D eigenvalue weighted by Gasteiger charge is -2.29. The minimum Gasteiger partial charge on any atom is -0.455 e. The zero-order valence-corrected chi connectivity index (χ0v) is 19.1. The topological polar surface area (TPSA) is 66.6 Å². The largest absolute Gasteiger partial charge is 0.455 e. The molecule has 0 unspecified atom stereocenters. The second kappa shape index (κ2) is 8.40. The van der Waals surface area contributed by atoms with Crippen LogP contribution in [-0.2, 0) is 6.42 Å². The van der Waals surface area contributed by atoms with E-state index in [1.54, 1.807) is 18.2 Å². The lowest BCUT2D eigenvalue weighted by Crippen LogP contribution is -2.27. The number of furan rings is 1. The van der Waals surface area contributed by atoms with Crippen molar-refractivity contribution in [2.45, 2.75) is 33.6 Å². The van der Waals surface area contributed by atoms with Gasteiger partial charge in [-0.15, -0.1) is 0 Å². The van der Waals surface area contributed by atoms with Crippen LogP contribution in [0.3, 0.4) is 0 Å². The van der Waals surface area contributed by atoms with Gasteiger partial charge in [-0.3, -0.25) is 10.2 Å². The van der Waals surface area contributed by atoms with Crippen molar-refractivity contribution in [1.29, 1.82) is 0 Å². The van der Waals surface area contributed by atoms with Crippen LogP contribution in [0, 0.1) is 12.3 Å². The first-order valence-corrected chi connectivity index (χ1v) is 10.8. The number of nitrogens with one attached hydrogen (secondary N) is 2. The lowest BCUT2D eigenvalue weighted by atomic mass is 9.75. The highest BCUT2D eigenvalue weighted by Crippen LogP contribution is 2.39. The number of hydrogen-bond acceptors (Lipinski definition) is 4. The second-order valence-corrected chi connectivity index (χ2v) is 9.31. The Morgan fingerprint density at radius 3 is 2.48 bits per heavy atom. The lowest BCUT2D eigenvalue weighted by molar-refractivity contribution is 0.0993. The molecule has 7 heteroatoms. The number of hydrogen-bond donors (Lipinski definition) is 2. The molecule has 0 atom stereocenters. The highest BCUT2D eigenvalue weighted by Gasteiger charge is 2.36. The number of hydrazone groups is 1. The maximum absolute atomic E-state index is 13.0. The second-order valence-electron chi connectivity index (χ2n) is 8.49. The number of amides is 1. The molecular formula is C24H23Cl2N3O2. The van der Waals surface area contributed by atoms with E-state index in [4.69, 9.17) is 27.6 Å². The molecular weight excluding hydrogens is 433 g/mol. The molecule has 0 fully saturated rings. The molecule has 3 aromatic rings. The molecule has 1 heterocycles. The Morgan fingerprint density at radius 2 is 1.77 bits per heavy atom. The van der Waals surface area contributed by atoms with Gasteiger partial charge in [0.25, 0.3) is 5.91 Å². The van der Waals surface area contributed by atoms with Crippen molar-refractivity contribution in [2.75, 3.05) is 10.7 Å². The first kappa shape index (κ1) is 21.5. The third kappa shape index (κ3) is 4.63. The third-order valence-corrected chi connectivity index (χ3v) is 6.01. The average Bonchev–Trinajstić information content (AvgIpc) is 3.05. The minimum atomic E-state index is -0.335. The van der Waals surface area contributed by atoms with E-state index in [1.807, 2.05) is 37.3 Å². The van der Waals surface area contributed by atoms with Crippen LogP contribution in [0.2, 0.25) is 10.0 Å². The molecule has 0 bridgehead atoms. The Balaban J connectivity index is 1.66. The molecule has 0 saturated carbocycles. The fourth-order valence-corrected chi connectivity index (χ4v) is 4.13. The number of nitrogens with zero attached hydrogens (tertiary/aromatic N) is 1. The van der Waals surface area contributed by atoms with E-state index in [9.17, 15) is 4.79 Å². The van der Waals surface area contributed by atoms with Crippen molar-refractivity contribution in [3.63, 3.8) is 0 Å². The number of benzene rings is 2. The van der Waals surface area contributed by atoms with Gasteiger partial charge in [0.1, 0.15) is 5.76 Å². The number of carbonyl (C=O) groups excluding carboxylic acids is 1. The summed E-state index contributed by atoms with van der Waals surface area (Å²) in [6.45, 7) is 6.23. The summed E-state index contributed by atoms with van der Waals surface area (Å²) in [6, 6.07) is 14.7. The SMILES string of the molecule is Cc1c(C(=O)Nc2ccc(Cl)c(Cl)c2)oc2c1/C(=N\Nc1ccccc1)CC(C)(C)C2. The Labute approximate surface area is 191 Å². The number of anilines is 2. The van der Waals surface area contributed by atoms with E-state index in [0.29, 0.717) is 15.7 Å². The van der Waals surface area contributed by atoms with Crippen molar-refractivity contribution < 1.29 is 9.21 Å². The molecule has 31 heavy (non-hydrogen) atoms. The van der Waals surface area contributed by atoms with Gasteiger partial charge >= 0.3 is 0 Å². The van der Waals surface area contributed by atoms with Gasteiger partial charge < -0.3 is 9.73 Å². The first-order chi connectivity index (χ1) is 14.7. The Kier molecular flexibility index (Phi) is 5.82. The summed E-state index contributed by atoms with van der Waals surface area (Å²) in [5, 5.41) is 8.31. The quantitative estimate of drug-likeness (QED) is 0.418. The Morgan fingerprint density at radius 1 is 1.03 bits per heavy atom. The van der Waals surface area contributed by atoms with Crippen LogP contribution in [0.25, 0.3) is 0 Å². The summed E-state index contributed by atoms with van der Waals surface area (Å²) in [5.74, 6) is 0.723. The van der Waals surface area contributed by atoms with Crippen LogP contribution < -0.4 is 10.7 Å². The molecule has 160 valence electrons. The minimum absolute atomic E-state index is 0.0358. The van der Waals surface area contributed by atoms with Crippen molar-refractivity contribution in [1.82, 2.24) is 0 Å². The van der Waals surface area contributed by atoms with Gasteiger partial charge in [0, 0.05) is 23.2 Å². The molecule has 0 spiro atoms.